The zero-order valence-electron chi connectivity index (χ0n) is 14.0. The summed E-state index contributed by atoms with van der Waals surface area (Å²) in [5.74, 6) is 3.00. The fraction of sp³-hybridized carbons (Fsp3) is 0.474. The van der Waals surface area contributed by atoms with Gasteiger partial charge >= 0.3 is 0 Å². The van der Waals surface area contributed by atoms with Gasteiger partial charge in [-0.2, -0.15) is 0 Å². The molecule has 1 aromatic carbocycles. The van der Waals surface area contributed by atoms with Crippen LogP contribution < -0.4 is 4.74 Å². The van der Waals surface area contributed by atoms with Crippen LogP contribution in [0.4, 0.5) is 0 Å². The van der Waals surface area contributed by atoms with E-state index in [4.69, 9.17) is 13.9 Å². The first-order chi connectivity index (χ1) is 11.3. The second-order valence-corrected chi connectivity index (χ2v) is 6.00. The van der Waals surface area contributed by atoms with E-state index in [0.29, 0.717) is 0 Å². The van der Waals surface area contributed by atoms with Crippen LogP contribution in [0.5, 0.6) is 5.75 Å². The van der Waals surface area contributed by atoms with Gasteiger partial charge in [0.05, 0.1) is 26.4 Å². The molecule has 2 aromatic rings. The Hall–Kier alpha value is -1.78. The molecule has 0 bridgehead atoms. The monoisotopic (exact) mass is 315 g/mol. The van der Waals surface area contributed by atoms with E-state index in [2.05, 4.69) is 36.1 Å². The van der Waals surface area contributed by atoms with Crippen LogP contribution >= 0.6 is 0 Å². The minimum Gasteiger partial charge on any atom is -0.497 e. The number of furan rings is 1. The maximum Gasteiger partial charge on any atom is 0.118 e. The van der Waals surface area contributed by atoms with Gasteiger partial charge in [0, 0.05) is 19.5 Å². The van der Waals surface area contributed by atoms with Crippen LogP contribution in [-0.4, -0.2) is 37.8 Å². The molecule has 0 amide bonds. The van der Waals surface area contributed by atoms with Gasteiger partial charge in [-0.25, -0.2) is 0 Å². The first kappa shape index (κ1) is 16.1. The van der Waals surface area contributed by atoms with Crippen molar-refractivity contribution in [1.82, 2.24) is 4.90 Å². The predicted molar refractivity (Wildman–Crippen MR) is 89.8 cm³/mol. The molecule has 1 aliphatic rings. The van der Waals surface area contributed by atoms with Crippen LogP contribution in [0, 0.1) is 0 Å². The average Bonchev–Trinajstić information content (AvgIpc) is 3.03. The van der Waals surface area contributed by atoms with Crippen LogP contribution in [0.1, 0.15) is 24.0 Å². The lowest BCUT2D eigenvalue weighted by Crippen LogP contribution is -2.42. The lowest BCUT2D eigenvalue weighted by atomic mass is 10.1. The zero-order chi connectivity index (χ0) is 16.1. The van der Waals surface area contributed by atoms with E-state index in [-0.39, 0.29) is 6.10 Å². The van der Waals surface area contributed by atoms with Crippen molar-refractivity contribution in [3.63, 3.8) is 0 Å². The third kappa shape index (κ3) is 4.36. The Morgan fingerprint density at radius 3 is 2.61 bits per heavy atom. The molecule has 1 fully saturated rings. The third-order valence-corrected chi connectivity index (χ3v) is 4.29. The molecular weight excluding hydrogens is 290 g/mol. The second kappa shape index (κ2) is 7.66. The fourth-order valence-corrected chi connectivity index (χ4v) is 2.99. The number of hydrogen-bond acceptors (Lipinski definition) is 4. The largest absolute Gasteiger partial charge is 0.497 e. The van der Waals surface area contributed by atoms with Crippen LogP contribution in [0.15, 0.2) is 40.8 Å². The lowest BCUT2D eigenvalue weighted by Gasteiger charge is -2.32. The quantitative estimate of drug-likeness (QED) is 0.819. The van der Waals surface area contributed by atoms with Gasteiger partial charge in [-0.15, -0.1) is 0 Å². The Morgan fingerprint density at radius 2 is 1.91 bits per heavy atom. The van der Waals surface area contributed by atoms with Gasteiger partial charge in [0.25, 0.3) is 0 Å². The van der Waals surface area contributed by atoms with E-state index < -0.39 is 0 Å². The minimum absolute atomic E-state index is 0.234. The van der Waals surface area contributed by atoms with Crippen LogP contribution in [0.25, 0.3) is 0 Å². The van der Waals surface area contributed by atoms with E-state index in [1.54, 1.807) is 7.11 Å². The van der Waals surface area contributed by atoms with Crippen molar-refractivity contribution < 1.29 is 13.9 Å². The maximum absolute atomic E-state index is 5.93. The van der Waals surface area contributed by atoms with Crippen molar-refractivity contribution in [2.24, 2.45) is 0 Å². The molecule has 1 atom stereocenters. The van der Waals surface area contributed by atoms with Gasteiger partial charge in [-0.05, 0) is 36.2 Å². The molecule has 1 aliphatic heterocycles. The summed E-state index contributed by atoms with van der Waals surface area (Å²) in [6, 6.07) is 12.4. The zero-order valence-corrected chi connectivity index (χ0v) is 14.0. The Labute approximate surface area is 138 Å². The van der Waals surface area contributed by atoms with Gasteiger partial charge < -0.3 is 13.9 Å². The number of morpholine rings is 1. The molecule has 1 aromatic heterocycles. The van der Waals surface area contributed by atoms with Crippen molar-refractivity contribution in [3.8, 4) is 5.75 Å². The SMILES string of the molecule is CCc1ccc(CN2CCO[C@H](Cc3ccc(OC)cc3)C2)o1. The number of ether oxygens (including phenoxy) is 2. The molecule has 0 radical (unpaired) electrons. The highest BCUT2D eigenvalue weighted by Gasteiger charge is 2.21. The van der Waals surface area contributed by atoms with E-state index in [1.807, 2.05) is 12.1 Å². The number of rotatable bonds is 6. The van der Waals surface area contributed by atoms with E-state index in [1.165, 1.54) is 5.56 Å². The molecule has 0 aliphatic carbocycles. The van der Waals surface area contributed by atoms with E-state index >= 15 is 0 Å². The van der Waals surface area contributed by atoms with Crippen LogP contribution in [-0.2, 0) is 24.1 Å². The van der Waals surface area contributed by atoms with Crippen LogP contribution in [0.2, 0.25) is 0 Å². The second-order valence-electron chi connectivity index (χ2n) is 6.00. The fourth-order valence-electron chi connectivity index (χ4n) is 2.99. The Bertz CT molecular complexity index is 605. The summed E-state index contributed by atoms with van der Waals surface area (Å²) < 4.78 is 17.0. The Balaban J connectivity index is 1.54. The van der Waals surface area contributed by atoms with Crippen molar-refractivity contribution in [1.29, 1.82) is 0 Å². The molecule has 0 spiro atoms. The molecule has 3 rings (SSSR count). The summed E-state index contributed by atoms with van der Waals surface area (Å²) >= 11 is 0. The number of aryl methyl sites for hydroxylation is 1. The van der Waals surface area contributed by atoms with Gasteiger partial charge in [-0.1, -0.05) is 19.1 Å². The third-order valence-electron chi connectivity index (χ3n) is 4.29. The van der Waals surface area contributed by atoms with Crippen molar-refractivity contribution in [2.45, 2.75) is 32.4 Å². The van der Waals surface area contributed by atoms with Crippen LogP contribution in [0.3, 0.4) is 0 Å². The molecule has 23 heavy (non-hydrogen) atoms. The smallest absolute Gasteiger partial charge is 0.118 e. The normalized spacial score (nSPS) is 19.0. The van der Waals surface area contributed by atoms with Crippen molar-refractivity contribution >= 4 is 0 Å². The first-order valence-corrected chi connectivity index (χ1v) is 8.31. The molecule has 124 valence electrons. The molecule has 4 nitrogen and oxygen atoms in total. The topological polar surface area (TPSA) is 34.8 Å². The number of benzene rings is 1. The van der Waals surface area contributed by atoms with Crippen molar-refractivity contribution in [3.05, 3.63) is 53.5 Å². The summed E-state index contributed by atoms with van der Waals surface area (Å²) in [6.45, 7) is 5.66. The molecule has 0 unspecified atom stereocenters. The average molecular weight is 315 g/mol. The van der Waals surface area contributed by atoms with Gasteiger partial charge in [0.1, 0.15) is 17.3 Å². The minimum atomic E-state index is 0.234. The molecule has 0 saturated carbocycles. The first-order valence-electron chi connectivity index (χ1n) is 8.31. The maximum atomic E-state index is 5.93. The summed E-state index contributed by atoms with van der Waals surface area (Å²) in [6.07, 6.45) is 2.11. The van der Waals surface area contributed by atoms with E-state index in [9.17, 15) is 0 Å². The standard InChI is InChI=1S/C19H25NO3/c1-3-16-8-9-18(23-16)13-20-10-11-22-19(14-20)12-15-4-6-17(21-2)7-5-15/h4-9,19H,3,10-14H2,1-2H3/t19-/m1/s1. The molecule has 0 N–H and O–H groups in total. The van der Waals surface area contributed by atoms with Gasteiger partial charge in [0.2, 0.25) is 0 Å². The highest BCUT2D eigenvalue weighted by molar-refractivity contribution is 5.27. The van der Waals surface area contributed by atoms with E-state index in [0.717, 1.165) is 56.4 Å². The number of hydrogen-bond donors (Lipinski definition) is 0. The molecule has 1 saturated heterocycles. The Kier molecular flexibility index (Phi) is 5.36. The molecule has 2 heterocycles. The highest BCUT2D eigenvalue weighted by Crippen LogP contribution is 2.18. The summed E-state index contributed by atoms with van der Waals surface area (Å²) in [5.41, 5.74) is 1.28. The number of nitrogens with zero attached hydrogens (tertiary/aromatic N) is 1. The Morgan fingerprint density at radius 1 is 1.13 bits per heavy atom. The predicted octanol–water partition coefficient (Wildman–Crippen LogP) is 3.29. The summed E-state index contributed by atoms with van der Waals surface area (Å²) in [7, 11) is 1.69. The highest BCUT2D eigenvalue weighted by atomic mass is 16.5. The molecular formula is C19H25NO3. The van der Waals surface area contributed by atoms with Gasteiger partial charge in [0.15, 0.2) is 0 Å². The van der Waals surface area contributed by atoms with Crippen molar-refractivity contribution in [2.75, 3.05) is 26.8 Å². The van der Waals surface area contributed by atoms with Gasteiger partial charge in [-0.3, -0.25) is 4.90 Å². The summed E-state index contributed by atoms with van der Waals surface area (Å²) in [5, 5.41) is 0. The lowest BCUT2D eigenvalue weighted by molar-refractivity contribution is -0.0323. The summed E-state index contributed by atoms with van der Waals surface area (Å²) in [4.78, 5) is 2.41. The number of methoxy groups -OCH3 is 1. The molecule has 4 heteroatoms.